The summed E-state index contributed by atoms with van der Waals surface area (Å²) in [6.45, 7) is 5.09. The molecule has 1 unspecified atom stereocenters. The van der Waals surface area contributed by atoms with Crippen LogP contribution in [0.15, 0.2) is 66.1 Å². The Morgan fingerprint density at radius 3 is 2.53 bits per heavy atom. The molecule has 0 saturated heterocycles. The average Bonchev–Trinajstić information content (AvgIpc) is 3.61. The van der Waals surface area contributed by atoms with Crippen LogP contribution in [-0.2, 0) is 15.8 Å². The van der Waals surface area contributed by atoms with Crippen LogP contribution in [0.5, 0.6) is 0 Å². The molecule has 1 aromatic carbocycles. The van der Waals surface area contributed by atoms with E-state index in [1.54, 1.807) is 6.92 Å². The summed E-state index contributed by atoms with van der Waals surface area (Å²) in [7, 11) is 0. The van der Waals surface area contributed by atoms with E-state index in [-0.39, 0.29) is 16.9 Å². The minimum absolute atomic E-state index is 0.0709. The Morgan fingerprint density at radius 1 is 1.25 bits per heavy atom. The van der Waals surface area contributed by atoms with Crippen molar-refractivity contribution >= 4 is 29.4 Å². The van der Waals surface area contributed by atoms with E-state index in [0.29, 0.717) is 24.6 Å². The lowest BCUT2D eigenvalue weighted by atomic mass is 10.1. The van der Waals surface area contributed by atoms with Crippen molar-refractivity contribution in [3.05, 3.63) is 78.2 Å². The van der Waals surface area contributed by atoms with Crippen molar-refractivity contribution in [3.63, 3.8) is 0 Å². The summed E-state index contributed by atoms with van der Waals surface area (Å²) < 4.78 is 53.0. The summed E-state index contributed by atoms with van der Waals surface area (Å²) in [6.07, 6.45) is 0.953. The Hall–Kier alpha value is -4.22. The maximum atomic E-state index is 13.3. The van der Waals surface area contributed by atoms with Gasteiger partial charge in [-0.1, -0.05) is 6.58 Å². The number of rotatable bonds is 9. The fourth-order valence-corrected chi connectivity index (χ4v) is 3.29. The standard InChI is InChI=1S/C24H24F4N6O2/c1-3-30-12-15(11-29)21(35)34-23(8-9-23)22(36)32-14(2)19-7-5-17(13-31-19)33-20-6-4-16(25)10-18(20)24(26,27)28/h3-7,10-14,33H,1,8-9,29H2,2H3,(H,32,36)(H,34,35)/b15-11+,30-12-. The zero-order valence-corrected chi connectivity index (χ0v) is 19.2. The van der Waals surface area contributed by atoms with Gasteiger partial charge in [0.05, 0.1) is 40.4 Å². The van der Waals surface area contributed by atoms with Gasteiger partial charge in [-0.2, -0.15) is 13.2 Å². The first kappa shape index (κ1) is 26.4. The minimum Gasteiger partial charge on any atom is -0.404 e. The van der Waals surface area contributed by atoms with E-state index in [9.17, 15) is 27.2 Å². The van der Waals surface area contributed by atoms with Gasteiger partial charge in [0.2, 0.25) is 5.91 Å². The first-order valence-electron chi connectivity index (χ1n) is 10.8. The molecule has 1 heterocycles. The van der Waals surface area contributed by atoms with Crippen molar-refractivity contribution in [1.29, 1.82) is 0 Å². The first-order valence-corrected chi connectivity index (χ1v) is 10.8. The fraction of sp³-hybridized carbons (Fsp3) is 0.250. The van der Waals surface area contributed by atoms with E-state index in [1.165, 1.54) is 30.7 Å². The average molecular weight is 504 g/mol. The van der Waals surface area contributed by atoms with Crippen LogP contribution < -0.4 is 21.7 Å². The lowest BCUT2D eigenvalue weighted by Gasteiger charge is -2.21. The monoisotopic (exact) mass is 504 g/mol. The van der Waals surface area contributed by atoms with E-state index < -0.39 is 41.0 Å². The van der Waals surface area contributed by atoms with Crippen molar-refractivity contribution in [2.24, 2.45) is 10.7 Å². The van der Waals surface area contributed by atoms with E-state index in [2.05, 4.69) is 32.5 Å². The van der Waals surface area contributed by atoms with E-state index >= 15 is 0 Å². The van der Waals surface area contributed by atoms with E-state index in [1.807, 2.05) is 0 Å². The first-order chi connectivity index (χ1) is 17.0. The smallest absolute Gasteiger partial charge is 0.404 e. The van der Waals surface area contributed by atoms with Crippen LogP contribution in [0.2, 0.25) is 0 Å². The molecule has 1 saturated carbocycles. The molecule has 0 bridgehead atoms. The molecule has 2 aromatic rings. The zero-order valence-electron chi connectivity index (χ0n) is 19.2. The number of nitrogens with one attached hydrogen (secondary N) is 3. The molecule has 5 N–H and O–H groups in total. The summed E-state index contributed by atoms with van der Waals surface area (Å²) in [5.41, 5.74) is 3.64. The van der Waals surface area contributed by atoms with Crippen molar-refractivity contribution in [1.82, 2.24) is 15.6 Å². The number of amides is 2. The zero-order chi connectivity index (χ0) is 26.5. The Bertz CT molecular complexity index is 1200. The molecule has 12 heteroatoms. The van der Waals surface area contributed by atoms with Gasteiger partial charge in [-0.3, -0.25) is 19.6 Å². The molecule has 0 aliphatic heterocycles. The van der Waals surface area contributed by atoms with E-state index in [4.69, 9.17) is 5.73 Å². The number of nitrogens with zero attached hydrogens (tertiary/aromatic N) is 2. The van der Waals surface area contributed by atoms with Crippen LogP contribution in [0.25, 0.3) is 0 Å². The molecule has 36 heavy (non-hydrogen) atoms. The number of aliphatic imine (C=N–C) groups is 1. The molecule has 1 atom stereocenters. The highest BCUT2D eigenvalue weighted by Gasteiger charge is 2.51. The van der Waals surface area contributed by atoms with Gasteiger partial charge in [0.25, 0.3) is 5.91 Å². The third kappa shape index (κ3) is 6.26. The normalized spacial score (nSPS) is 15.8. The Morgan fingerprint density at radius 2 is 1.97 bits per heavy atom. The topological polar surface area (TPSA) is 121 Å². The summed E-state index contributed by atoms with van der Waals surface area (Å²) in [6, 6.07) is 4.77. The predicted octanol–water partition coefficient (Wildman–Crippen LogP) is 3.87. The molecule has 8 nitrogen and oxygen atoms in total. The van der Waals surface area contributed by atoms with Crippen LogP contribution >= 0.6 is 0 Å². The summed E-state index contributed by atoms with van der Waals surface area (Å²) >= 11 is 0. The number of hydrogen-bond donors (Lipinski definition) is 4. The van der Waals surface area contributed by atoms with Crippen LogP contribution in [0.3, 0.4) is 0 Å². The number of halogens is 4. The van der Waals surface area contributed by atoms with Gasteiger partial charge in [0, 0.05) is 18.6 Å². The molecule has 2 amide bonds. The quantitative estimate of drug-likeness (QED) is 0.235. The molecular formula is C24H24F4N6O2. The number of alkyl halides is 3. The summed E-state index contributed by atoms with van der Waals surface area (Å²) in [4.78, 5) is 33.2. The lowest BCUT2D eigenvalue weighted by Crippen LogP contribution is -2.50. The van der Waals surface area contributed by atoms with Gasteiger partial charge in [0.15, 0.2) is 0 Å². The fourth-order valence-electron chi connectivity index (χ4n) is 3.29. The molecule has 0 radical (unpaired) electrons. The summed E-state index contributed by atoms with van der Waals surface area (Å²) in [5, 5.41) is 8.03. The van der Waals surface area contributed by atoms with Crippen LogP contribution in [0, 0.1) is 5.82 Å². The van der Waals surface area contributed by atoms with Crippen molar-refractivity contribution in [3.8, 4) is 0 Å². The van der Waals surface area contributed by atoms with Crippen LogP contribution in [-0.4, -0.2) is 28.6 Å². The Labute approximate surface area is 204 Å². The van der Waals surface area contributed by atoms with Crippen LogP contribution in [0.1, 0.15) is 37.1 Å². The highest BCUT2D eigenvalue weighted by Crippen LogP contribution is 2.37. The molecule has 3 rings (SSSR count). The lowest BCUT2D eigenvalue weighted by molar-refractivity contribution is -0.137. The maximum Gasteiger partial charge on any atom is 0.418 e. The van der Waals surface area contributed by atoms with Gasteiger partial charge in [-0.05, 0) is 50.1 Å². The number of hydrogen-bond acceptors (Lipinski definition) is 6. The second-order valence-electron chi connectivity index (χ2n) is 8.10. The second-order valence-corrected chi connectivity index (χ2v) is 8.10. The minimum atomic E-state index is -4.75. The molecule has 1 aliphatic rings. The molecule has 1 aromatic heterocycles. The Balaban J connectivity index is 1.65. The molecule has 1 fully saturated rings. The second kappa shape index (κ2) is 10.6. The van der Waals surface area contributed by atoms with Gasteiger partial charge in [0.1, 0.15) is 11.4 Å². The molecule has 0 spiro atoms. The molecule has 190 valence electrons. The van der Waals surface area contributed by atoms with E-state index in [0.717, 1.165) is 18.3 Å². The molecular weight excluding hydrogens is 480 g/mol. The molecule has 1 aliphatic carbocycles. The van der Waals surface area contributed by atoms with Crippen molar-refractivity contribution < 1.29 is 27.2 Å². The van der Waals surface area contributed by atoms with Crippen LogP contribution in [0.4, 0.5) is 28.9 Å². The highest BCUT2D eigenvalue weighted by molar-refractivity contribution is 6.13. The number of carbonyl (C=O) groups is 2. The van der Waals surface area contributed by atoms with Crippen molar-refractivity contribution in [2.45, 2.75) is 37.5 Å². The SMILES string of the molecule is C=C/N=C\C(=C/N)C(=O)NC1(C(=O)NC(C)c2ccc(Nc3ccc(F)cc3C(F)(F)F)cn2)CC1. The highest BCUT2D eigenvalue weighted by atomic mass is 19.4. The maximum absolute atomic E-state index is 13.3. The van der Waals surface area contributed by atoms with Gasteiger partial charge in [-0.25, -0.2) is 4.39 Å². The van der Waals surface area contributed by atoms with Gasteiger partial charge < -0.3 is 21.7 Å². The number of pyridine rings is 1. The number of aromatic nitrogens is 1. The summed E-state index contributed by atoms with van der Waals surface area (Å²) in [5.74, 6) is -1.97. The largest absolute Gasteiger partial charge is 0.418 e. The third-order valence-corrected chi connectivity index (χ3v) is 5.44. The van der Waals surface area contributed by atoms with Gasteiger partial charge >= 0.3 is 6.18 Å². The number of carbonyl (C=O) groups excluding carboxylic acids is 2. The van der Waals surface area contributed by atoms with Gasteiger partial charge in [-0.15, -0.1) is 0 Å². The number of nitrogens with two attached hydrogens (primary N) is 1. The predicted molar refractivity (Wildman–Crippen MR) is 127 cm³/mol. The Kier molecular flexibility index (Phi) is 7.76. The van der Waals surface area contributed by atoms with Crippen molar-refractivity contribution in [2.75, 3.05) is 5.32 Å². The number of anilines is 2. The third-order valence-electron chi connectivity index (χ3n) is 5.44. The number of benzene rings is 1.